The Kier molecular flexibility index (Phi) is 5.00. The maximum Gasteiger partial charge on any atom is 0.223 e. The van der Waals surface area contributed by atoms with E-state index in [1.807, 2.05) is 41.8 Å². The van der Waals surface area contributed by atoms with E-state index < -0.39 is 0 Å². The summed E-state index contributed by atoms with van der Waals surface area (Å²) in [7, 11) is 0. The Balaban J connectivity index is 1.48. The molecule has 5 nitrogen and oxygen atoms in total. The van der Waals surface area contributed by atoms with Crippen LogP contribution in [0.15, 0.2) is 30.3 Å². The second-order valence-electron chi connectivity index (χ2n) is 5.94. The van der Waals surface area contributed by atoms with Crippen LogP contribution in [-0.4, -0.2) is 37.9 Å². The molecule has 0 aliphatic carbocycles. The highest BCUT2D eigenvalue weighted by atomic mass is 32.2. The van der Waals surface area contributed by atoms with Crippen molar-refractivity contribution in [3.05, 3.63) is 47.5 Å². The van der Waals surface area contributed by atoms with Crippen LogP contribution in [0.2, 0.25) is 0 Å². The molecule has 1 amide bonds. The Morgan fingerprint density at radius 1 is 1.30 bits per heavy atom. The van der Waals surface area contributed by atoms with Gasteiger partial charge < -0.3 is 9.47 Å². The van der Waals surface area contributed by atoms with Gasteiger partial charge in [0, 0.05) is 24.5 Å². The van der Waals surface area contributed by atoms with Gasteiger partial charge in [0.05, 0.1) is 12.6 Å². The van der Waals surface area contributed by atoms with Crippen molar-refractivity contribution in [3.8, 4) is 0 Å². The SMILES string of the molecule is Cc1nnc2n1[C@H](C)CN(C(=O)CCSCc1ccccc1)C2. The topological polar surface area (TPSA) is 51.0 Å². The van der Waals surface area contributed by atoms with Crippen molar-refractivity contribution in [1.82, 2.24) is 19.7 Å². The Morgan fingerprint density at radius 3 is 2.87 bits per heavy atom. The number of carbonyl (C=O) groups excluding carboxylic acids is 1. The normalized spacial score (nSPS) is 17.1. The minimum absolute atomic E-state index is 0.212. The van der Waals surface area contributed by atoms with Crippen LogP contribution in [-0.2, 0) is 17.1 Å². The molecule has 0 N–H and O–H groups in total. The first kappa shape index (κ1) is 16.1. The molecule has 122 valence electrons. The average Bonchev–Trinajstić information content (AvgIpc) is 2.94. The number of aryl methyl sites for hydroxylation is 1. The zero-order valence-electron chi connectivity index (χ0n) is 13.6. The Hall–Kier alpha value is -1.82. The minimum Gasteiger partial charge on any atom is -0.333 e. The predicted octanol–water partition coefficient (Wildman–Crippen LogP) is 2.81. The highest BCUT2D eigenvalue weighted by Crippen LogP contribution is 2.22. The van der Waals surface area contributed by atoms with Crippen molar-refractivity contribution < 1.29 is 4.79 Å². The van der Waals surface area contributed by atoms with Gasteiger partial charge in [-0.15, -0.1) is 10.2 Å². The van der Waals surface area contributed by atoms with Crippen molar-refractivity contribution in [2.75, 3.05) is 12.3 Å². The molecule has 0 bridgehead atoms. The third-order valence-electron chi connectivity index (χ3n) is 4.12. The summed E-state index contributed by atoms with van der Waals surface area (Å²) >= 11 is 1.81. The van der Waals surface area contributed by atoms with Gasteiger partial charge in [0.15, 0.2) is 5.82 Å². The van der Waals surface area contributed by atoms with E-state index in [0.29, 0.717) is 13.0 Å². The van der Waals surface area contributed by atoms with Gasteiger partial charge in [-0.1, -0.05) is 30.3 Å². The lowest BCUT2D eigenvalue weighted by Crippen LogP contribution is -2.40. The highest BCUT2D eigenvalue weighted by molar-refractivity contribution is 7.98. The first-order chi connectivity index (χ1) is 11.1. The molecule has 1 aromatic carbocycles. The predicted molar refractivity (Wildman–Crippen MR) is 92.1 cm³/mol. The van der Waals surface area contributed by atoms with E-state index in [1.165, 1.54) is 5.56 Å². The molecule has 1 aliphatic heterocycles. The summed E-state index contributed by atoms with van der Waals surface area (Å²) in [5, 5.41) is 8.31. The average molecular weight is 330 g/mol. The second-order valence-corrected chi connectivity index (χ2v) is 7.05. The molecule has 0 radical (unpaired) electrons. The van der Waals surface area contributed by atoms with Gasteiger partial charge in [-0.3, -0.25) is 4.79 Å². The van der Waals surface area contributed by atoms with E-state index in [0.717, 1.165) is 29.7 Å². The molecule has 3 rings (SSSR count). The summed E-state index contributed by atoms with van der Waals surface area (Å²) in [6.07, 6.45) is 0.581. The van der Waals surface area contributed by atoms with Gasteiger partial charge in [-0.25, -0.2) is 0 Å². The van der Waals surface area contributed by atoms with Crippen LogP contribution in [0, 0.1) is 6.92 Å². The lowest BCUT2D eigenvalue weighted by molar-refractivity contribution is -0.132. The molecule has 1 aromatic heterocycles. The molecule has 1 atom stereocenters. The molecule has 6 heteroatoms. The quantitative estimate of drug-likeness (QED) is 0.791. The molecule has 0 fully saturated rings. The molecule has 0 saturated carbocycles. The molecule has 0 spiro atoms. The second kappa shape index (κ2) is 7.17. The van der Waals surface area contributed by atoms with E-state index in [-0.39, 0.29) is 11.9 Å². The smallest absolute Gasteiger partial charge is 0.223 e. The molecular formula is C17H22N4OS. The lowest BCUT2D eigenvalue weighted by Gasteiger charge is -2.32. The fourth-order valence-corrected chi connectivity index (χ4v) is 3.89. The minimum atomic E-state index is 0.212. The van der Waals surface area contributed by atoms with E-state index in [2.05, 4.69) is 33.8 Å². The third-order valence-corrected chi connectivity index (χ3v) is 5.15. The number of benzene rings is 1. The lowest BCUT2D eigenvalue weighted by atomic mass is 10.2. The van der Waals surface area contributed by atoms with E-state index in [9.17, 15) is 4.79 Å². The zero-order chi connectivity index (χ0) is 16.2. The molecular weight excluding hydrogens is 308 g/mol. The summed E-state index contributed by atoms with van der Waals surface area (Å²) in [5.74, 6) is 3.84. The summed E-state index contributed by atoms with van der Waals surface area (Å²) in [4.78, 5) is 14.3. The van der Waals surface area contributed by atoms with E-state index in [1.54, 1.807) is 0 Å². The van der Waals surface area contributed by atoms with Crippen LogP contribution in [0.4, 0.5) is 0 Å². The maximum atomic E-state index is 12.4. The van der Waals surface area contributed by atoms with Crippen molar-refractivity contribution in [3.63, 3.8) is 0 Å². The van der Waals surface area contributed by atoms with Gasteiger partial charge in [-0.05, 0) is 19.4 Å². The van der Waals surface area contributed by atoms with Crippen LogP contribution < -0.4 is 0 Å². The standard InChI is InChI=1S/C17H22N4OS/c1-13-10-20(11-16-19-18-14(2)21(13)16)17(22)8-9-23-12-15-6-4-3-5-7-15/h3-7,13H,8-12H2,1-2H3/t13-/m1/s1. The van der Waals surface area contributed by atoms with Gasteiger partial charge in [-0.2, -0.15) is 11.8 Å². The van der Waals surface area contributed by atoms with Crippen molar-refractivity contribution in [2.45, 2.75) is 38.6 Å². The molecule has 23 heavy (non-hydrogen) atoms. The number of rotatable bonds is 5. The number of fused-ring (bicyclic) bond motifs is 1. The summed E-state index contributed by atoms with van der Waals surface area (Å²) in [6.45, 7) is 5.40. The third kappa shape index (κ3) is 3.75. The Morgan fingerprint density at radius 2 is 2.09 bits per heavy atom. The maximum absolute atomic E-state index is 12.4. The first-order valence-corrected chi connectivity index (χ1v) is 9.10. The van der Waals surface area contributed by atoms with Crippen LogP contribution in [0.5, 0.6) is 0 Å². The highest BCUT2D eigenvalue weighted by Gasteiger charge is 2.27. The number of aromatic nitrogens is 3. The van der Waals surface area contributed by atoms with Crippen LogP contribution in [0.1, 0.15) is 36.6 Å². The number of hydrogen-bond donors (Lipinski definition) is 0. The monoisotopic (exact) mass is 330 g/mol. The van der Waals surface area contributed by atoms with Crippen molar-refractivity contribution in [1.29, 1.82) is 0 Å². The summed E-state index contributed by atoms with van der Waals surface area (Å²) in [6, 6.07) is 10.6. The van der Waals surface area contributed by atoms with Crippen LogP contribution in [0.25, 0.3) is 0 Å². The number of amides is 1. The van der Waals surface area contributed by atoms with Crippen LogP contribution >= 0.6 is 11.8 Å². The first-order valence-electron chi connectivity index (χ1n) is 7.95. The Labute approximate surface area is 141 Å². The van der Waals surface area contributed by atoms with Gasteiger partial charge >= 0.3 is 0 Å². The zero-order valence-corrected chi connectivity index (χ0v) is 14.4. The number of thioether (sulfide) groups is 1. The number of nitrogens with zero attached hydrogens (tertiary/aromatic N) is 4. The van der Waals surface area contributed by atoms with Gasteiger partial charge in [0.2, 0.25) is 5.91 Å². The van der Waals surface area contributed by atoms with Gasteiger partial charge in [0.1, 0.15) is 5.82 Å². The number of hydrogen-bond acceptors (Lipinski definition) is 4. The van der Waals surface area contributed by atoms with E-state index >= 15 is 0 Å². The fraction of sp³-hybridized carbons (Fsp3) is 0.471. The largest absolute Gasteiger partial charge is 0.333 e. The van der Waals surface area contributed by atoms with E-state index in [4.69, 9.17) is 0 Å². The number of carbonyl (C=O) groups is 1. The molecule has 2 heterocycles. The molecule has 2 aromatic rings. The van der Waals surface area contributed by atoms with Crippen LogP contribution in [0.3, 0.4) is 0 Å². The molecule has 1 aliphatic rings. The molecule has 0 unspecified atom stereocenters. The fourth-order valence-electron chi connectivity index (χ4n) is 3.00. The van der Waals surface area contributed by atoms with Gasteiger partial charge in [0.25, 0.3) is 0 Å². The van der Waals surface area contributed by atoms with Crippen molar-refractivity contribution in [2.24, 2.45) is 0 Å². The molecule has 0 saturated heterocycles. The van der Waals surface area contributed by atoms with Crippen molar-refractivity contribution >= 4 is 17.7 Å². The summed E-state index contributed by atoms with van der Waals surface area (Å²) in [5.41, 5.74) is 1.31. The Bertz CT molecular complexity index is 670. The summed E-state index contributed by atoms with van der Waals surface area (Å²) < 4.78 is 2.13.